The van der Waals surface area contributed by atoms with Crippen molar-refractivity contribution >= 4 is 5.97 Å². The Labute approximate surface area is 55.2 Å². The average molecular weight is 128 g/mol. The molecule has 0 rings (SSSR count). The quantitative estimate of drug-likeness (QED) is 0.585. The molecule has 0 amide bonds. The van der Waals surface area contributed by atoms with Crippen molar-refractivity contribution < 1.29 is 9.90 Å². The number of allylic oxidation sites excluding steroid dienone is 1. The van der Waals surface area contributed by atoms with E-state index in [1.165, 1.54) is 0 Å². The van der Waals surface area contributed by atoms with Gasteiger partial charge < -0.3 is 5.11 Å². The van der Waals surface area contributed by atoms with Crippen LogP contribution in [0.15, 0.2) is 12.7 Å². The molecule has 0 spiro atoms. The zero-order valence-electron chi connectivity index (χ0n) is 5.63. The number of carboxylic acid groups (broad SMARTS) is 1. The number of rotatable bonds is 4. The smallest absolute Gasteiger partial charge is 0.303 e. The zero-order chi connectivity index (χ0) is 7.28. The molecule has 2 heteroatoms. The Kier molecular flexibility index (Phi) is 3.76. The third-order valence-electron chi connectivity index (χ3n) is 1.22. The topological polar surface area (TPSA) is 37.3 Å². The minimum atomic E-state index is -0.733. The Morgan fingerprint density at radius 3 is 2.78 bits per heavy atom. The van der Waals surface area contributed by atoms with Gasteiger partial charge in [-0.3, -0.25) is 4.79 Å². The van der Waals surface area contributed by atoms with Crippen molar-refractivity contribution in [2.75, 3.05) is 0 Å². The summed E-state index contributed by atoms with van der Waals surface area (Å²) in [6, 6.07) is 0. The SMILES string of the molecule is C=C[C@@H](C)CCC(=O)O. The second-order valence-electron chi connectivity index (χ2n) is 2.15. The molecule has 0 aliphatic heterocycles. The summed E-state index contributed by atoms with van der Waals surface area (Å²) in [6.07, 6.45) is 2.70. The predicted octanol–water partition coefficient (Wildman–Crippen LogP) is 1.67. The van der Waals surface area contributed by atoms with Gasteiger partial charge in [0, 0.05) is 6.42 Å². The first-order chi connectivity index (χ1) is 4.16. The van der Waals surface area contributed by atoms with Crippen LogP contribution in [0.3, 0.4) is 0 Å². The van der Waals surface area contributed by atoms with Gasteiger partial charge in [0.15, 0.2) is 0 Å². The molecule has 0 aromatic heterocycles. The summed E-state index contributed by atoms with van der Waals surface area (Å²) in [5.74, 6) is -0.412. The summed E-state index contributed by atoms with van der Waals surface area (Å²) in [7, 11) is 0. The number of carboxylic acids is 1. The van der Waals surface area contributed by atoms with E-state index in [-0.39, 0.29) is 6.42 Å². The fraction of sp³-hybridized carbons (Fsp3) is 0.571. The summed E-state index contributed by atoms with van der Waals surface area (Å²) in [4.78, 5) is 9.99. The van der Waals surface area contributed by atoms with Gasteiger partial charge in [-0.05, 0) is 12.3 Å². The number of hydrogen-bond acceptors (Lipinski definition) is 1. The fourth-order valence-corrected chi connectivity index (χ4v) is 0.469. The lowest BCUT2D eigenvalue weighted by Crippen LogP contribution is -1.97. The predicted molar refractivity (Wildman–Crippen MR) is 36.2 cm³/mol. The van der Waals surface area contributed by atoms with E-state index in [0.29, 0.717) is 12.3 Å². The summed E-state index contributed by atoms with van der Waals surface area (Å²) < 4.78 is 0. The van der Waals surface area contributed by atoms with E-state index in [1.807, 2.05) is 6.92 Å². The van der Waals surface area contributed by atoms with E-state index in [9.17, 15) is 4.79 Å². The molecule has 0 aliphatic carbocycles. The van der Waals surface area contributed by atoms with Crippen LogP contribution in [0.4, 0.5) is 0 Å². The molecule has 0 aromatic rings. The molecule has 0 unspecified atom stereocenters. The molecule has 0 radical (unpaired) electrons. The van der Waals surface area contributed by atoms with E-state index >= 15 is 0 Å². The lowest BCUT2D eigenvalue weighted by molar-refractivity contribution is -0.137. The standard InChI is InChI=1S/C7H12O2/c1-3-6(2)4-5-7(8)9/h3,6H,1,4-5H2,2H3,(H,8,9)/t6-/m1/s1. The van der Waals surface area contributed by atoms with Gasteiger partial charge in [-0.15, -0.1) is 6.58 Å². The Bertz CT molecular complexity index is 107. The Morgan fingerprint density at radius 1 is 1.89 bits per heavy atom. The van der Waals surface area contributed by atoms with Crippen LogP contribution in [-0.2, 0) is 4.79 Å². The van der Waals surface area contributed by atoms with Gasteiger partial charge in [-0.2, -0.15) is 0 Å². The molecule has 0 bridgehead atoms. The van der Waals surface area contributed by atoms with E-state index in [4.69, 9.17) is 5.11 Å². The molecule has 0 aromatic carbocycles. The largest absolute Gasteiger partial charge is 0.481 e. The van der Waals surface area contributed by atoms with Crippen LogP contribution >= 0.6 is 0 Å². The summed E-state index contributed by atoms with van der Waals surface area (Å²) in [6.45, 7) is 5.50. The zero-order valence-corrected chi connectivity index (χ0v) is 5.63. The maximum absolute atomic E-state index is 9.99. The van der Waals surface area contributed by atoms with Gasteiger partial charge in [-0.1, -0.05) is 13.0 Å². The lowest BCUT2D eigenvalue weighted by Gasteiger charge is -1.99. The Balaban J connectivity index is 3.26. The van der Waals surface area contributed by atoms with Crippen LogP contribution in [-0.4, -0.2) is 11.1 Å². The monoisotopic (exact) mass is 128 g/mol. The normalized spacial score (nSPS) is 12.6. The first-order valence-electron chi connectivity index (χ1n) is 3.01. The van der Waals surface area contributed by atoms with Crippen LogP contribution in [0.1, 0.15) is 19.8 Å². The highest BCUT2D eigenvalue weighted by atomic mass is 16.4. The highest BCUT2D eigenvalue weighted by Crippen LogP contribution is 2.04. The van der Waals surface area contributed by atoms with Gasteiger partial charge in [0.05, 0.1) is 0 Å². The molecule has 1 atom stereocenters. The van der Waals surface area contributed by atoms with Gasteiger partial charge >= 0.3 is 5.97 Å². The number of carbonyl (C=O) groups is 1. The van der Waals surface area contributed by atoms with Crippen molar-refractivity contribution in [3.8, 4) is 0 Å². The second kappa shape index (κ2) is 4.13. The highest BCUT2D eigenvalue weighted by molar-refractivity contribution is 5.66. The molecule has 0 aliphatic rings. The van der Waals surface area contributed by atoms with Gasteiger partial charge in [-0.25, -0.2) is 0 Å². The van der Waals surface area contributed by atoms with Crippen LogP contribution in [0.5, 0.6) is 0 Å². The highest BCUT2D eigenvalue weighted by Gasteiger charge is 1.99. The van der Waals surface area contributed by atoms with Crippen molar-refractivity contribution in [1.29, 1.82) is 0 Å². The van der Waals surface area contributed by atoms with Gasteiger partial charge in [0.25, 0.3) is 0 Å². The Morgan fingerprint density at radius 2 is 2.44 bits per heavy atom. The first-order valence-corrected chi connectivity index (χ1v) is 3.01. The summed E-state index contributed by atoms with van der Waals surface area (Å²) >= 11 is 0. The second-order valence-corrected chi connectivity index (χ2v) is 2.15. The molecule has 1 N–H and O–H groups in total. The van der Waals surface area contributed by atoms with Crippen molar-refractivity contribution in [1.82, 2.24) is 0 Å². The first kappa shape index (κ1) is 8.21. The molecule has 52 valence electrons. The molecular weight excluding hydrogens is 116 g/mol. The van der Waals surface area contributed by atoms with E-state index in [0.717, 1.165) is 0 Å². The maximum atomic E-state index is 9.99. The van der Waals surface area contributed by atoms with Crippen LogP contribution in [0, 0.1) is 5.92 Å². The third-order valence-corrected chi connectivity index (χ3v) is 1.22. The number of hydrogen-bond donors (Lipinski definition) is 1. The molecule has 0 saturated carbocycles. The van der Waals surface area contributed by atoms with E-state index in [1.54, 1.807) is 6.08 Å². The molecule has 0 saturated heterocycles. The van der Waals surface area contributed by atoms with Crippen molar-refractivity contribution in [3.05, 3.63) is 12.7 Å². The minimum Gasteiger partial charge on any atom is -0.481 e. The van der Waals surface area contributed by atoms with Crippen molar-refractivity contribution in [3.63, 3.8) is 0 Å². The molecule has 2 nitrogen and oxygen atoms in total. The summed E-state index contributed by atoms with van der Waals surface area (Å²) in [5, 5.41) is 8.22. The molecular formula is C7H12O2. The van der Waals surface area contributed by atoms with Crippen LogP contribution in [0.25, 0.3) is 0 Å². The average Bonchev–Trinajstić information content (AvgIpc) is 1.83. The van der Waals surface area contributed by atoms with E-state index in [2.05, 4.69) is 6.58 Å². The van der Waals surface area contributed by atoms with Crippen molar-refractivity contribution in [2.45, 2.75) is 19.8 Å². The lowest BCUT2D eigenvalue weighted by atomic mass is 10.1. The molecule has 0 fully saturated rings. The third kappa shape index (κ3) is 5.07. The maximum Gasteiger partial charge on any atom is 0.303 e. The number of aliphatic carboxylic acids is 1. The van der Waals surface area contributed by atoms with Crippen LogP contribution in [0.2, 0.25) is 0 Å². The summed E-state index contributed by atoms with van der Waals surface area (Å²) in [5.41, 5.74) is 0. The minimum absolute atomic E-state index is 0.243. The fourth-order valence-electron chi connectivity index (χ4n) is 0.469. The van der Waals surface area contributed by atoms with Gasteiger partial charge in [0.2, 0.25) is 0 Å². The molecule has 9 heavy (non-hydrogen) atoms. The molecule has 0 heterocycles. The van der Waals surface area contributed by atoms with Crippen LogP contribution < -0.4 is 0 Å². The van der Waals surface area contributed by atoms with Gasteiger partial charge in [0.1, 0.15) is 0 Å². The van der Waals surface area contributed by atoms with E-state index < -0.39 is 5.97 Å². The van der Waals surface area contributed by atoms with Crippen molar-refractivity contribution in [2.24, 2.45) is 5.92 Å². The Hall–Kier alpha value is -0.790.